The normalized spacial score (nSPS) is 11.6. The van der Waals surface area contributed by atoms with Gasteiger partial charge in [-0.05, 0) is 53.2 Å². The highest BCUT2D eigenvalue weighted by molar-refractivity contribution is 9.10. The first-order valence-corrected chi connectivity index (χ1v) is 8.10. The molecule has 24 heavy (non-hydrogen) atoms. The largest absolute Gasteiger partial charge is 0.496 e. The number of halogens is 1. The van der Waals surface area contributed by atoms with Crippen molar-refractivity contribution in [3.8, 4) is 5.75 Å². The summed E-state index contributed by atoms with van der Waals surface area (Å²) in [5.74, 6) is 0.0786. The van der Waals surface area contributed by atoms with Crippen molar-refractivity contribution in [3.63, 3.8) is 0 Å². The van der Waals surface area contributed by atoms with E-state index in [1.807, 2.05) is 30.4 Å². The number of amides is 2. The fraction of sp³-hybridized carbons (Fsp3) is 0.250. The summed E-state index contributed by atoms with van der Waals surface area (Å²) in [6.07, 6.45) is 1.39. The predicted octanol–water partition coefficient (Wildman–Crippen LogP) is 1.14. The molecule has 8 heteroatoms. The van der Waals surface area contributed by atoms with Crippen molar-refractivity contribution in [1.82, 2.24) is 10.9 Å². The molecular formula is C16H19BrN3O4+. The highest BCUT2D eigenvalue weighted by atomic mass is 79.9. The number of hydrogen-bond donors (Lipinski definition) is 3. The SMILES string of the molecule is COc1ccc([C@@H](C)[NH2+]CC(=O)NNC(=O)c2ccco2)cc1Br. The maximum atomic E-state index is 11.8. The van der Waals surface area contributed by atoms with E-state index in [1.165, 1.54) is 12.3 Å². The molecule has 128 valence electrons. The number of rotatable bonds is 6. The van der Waals surface area contributed by atoms with E-state index in [1.54, 1.807) is 13.2 Å². The molecule has 0 spiro atoms. The lowest BCUT2D eigenvalue weighted by atomic mass is 10.1. The monoisotopic (exact) mass is 396 g/mol. The Labute approximate surface area is 147 Å². The molecule has 0 saturated carbocycles. The van der Waals surface area contributed by atoms with Gasteiger partial charge in [0.2, 0.25) is 0 Å². The number of hydrazine groups is 1. The summed E-state index contributed by atoms with van der Waals surface area (Å²) in [6.45, 7) is 2.16. The zero-order valence-corrected chi connectivity index (χ0v) is 14.9. The second-order valence-electron chi connectivity index (χ2n) is 5.10. The third-order valence-electron chi connectivity index (χ3n) is 3.42. The molecular weight excluding hydrogens is 378 g/mol. The van der Waals surface area contributed by atoms with Gasteiger partial charge < -0.3 is 14.5 Å². The van der Waals surface area contributed by atoms with Crippen molar-refractivity contribution in [2.24, 2.45) is 0 Å². The Morgan fingerprint density at radius 2 is 2.12 bits per heavy atom. The van der Waals surface area contributed by atoms with Crippen molar-refractivity contribution in [2.45, 2.75) is 13.0 Å². The van der Waals surface area contributed by atoms with E-state index >= 15 is 0 Å². The molecule has 2 rings (SSSR count). The Morgan fingerprint density at radius 3 is 2.75 bits per heavy atom. The lowest BCUT2D eigenvalue weighted by molar-refractivity contribution is -0.682. The van der Waals surface area contributed by atoms with Crippen LogP contribution in [-0.2, 0) is 4.79 Å². The summed E-state index contributed by atoms with van der Waals surface area (Å²) in [6, 6.07) is 8.95. The van der Waals surface area contributed by atoms with Crippen LogP contribution < -0.4 is 20.9 Å². The van der Waals surface area contributed by atoms with Crippen LogP contribution in [0.4, 0.5) is 0 Å². The van der Waals surface area contributed by atoms with Gasteiger partial charge in [-0.1, -0.05) is 0 Å². The Bertz CT molecular complexity index is 703. The summed E-state index contributed by atoms with van der Waals surface area (Å²) in [4.78, 5) is 23.4. The average molecular weight is 397 g/mol. The first kappa shape index (κ1) is 18.0. The van der Waals surface area contributed by atoms with E-state index < -0.39 is 5.91 Å². The van der Waals surface area contributed by atoms with Crippen LogP contribution in [0.3, 0.4) is 0 Å². The Morgan fingerprint density at radius 1 is 1.33 bits per heavy atom. The van der Waals surface area contributed by atoms with Gasteiger partial charge in [-0.3, -0.25) is 20.4 Å². The number of carbonyl (C=O) groups excluding carboxylic acids is 2. The topological polar surface area (TPSA) is 97.2 Å². The quantitative estimate of drug-likeness (QED) is 0.637. The molecule has 1 atom stereocenters. The molecule has 4 N–H and O–H groups in total. The van der Waals surface area contributed by atoms with E-state index in [0.717, 1.165) is 15.8 Å². The average Bonchev–Trinajstić information content (AvgIpc) is 3.12. The number of hydrogen-bond acceptors (Lipinski definition) is 4. The molecule has 0 fully saturated rings. The van der Waals surface area contributed by atoms with Gasteiger partial charge in [0.15, 0.2) is 12.3 Å². The molecule has 0 aliphatic heterocycles. The van der Waals surface area contributed by atoms with Crippen molar-refractivity contribution in [1.29, 1.82) is 0 Å². The zero-order chi connectivity index (χ0) is 17.5. The van der Waals surface area contributed by atoms with Crippen LogP contribution in [-0.4, -0.2) is 25.5 Å². The summed E-state index contributed by atoms with van der Waals surface area (Å²) in [7, 11) is 1.61. The maximum absolute atomic E-state index is 11.8. The van der Waals surface area contributed by atoms with Crippen LogP contribution in [0.5, 0.6) is 5.75 Å². The molecule has 7 nitrogen and oxygen atoms in total. The minimum Gasteiger partial charge on any atom is -0.496 e. The summed E-state index contributed by atoms with van der Waals surface area (Å²) >= 11 is 3.44. The third kappa shape index (κ3) is 4.84. The second kappa shape index (κ2) is 8.51. The van der Waals surface area contributed by atoms with E-state index in [2.05, 4.69) is 26.8 Å². The number of methoxy groups -OCH3 is 1. The summed E-state index contributed by atoms with van der Waals surface area (Å²) < 4.78 is 11.0. The van der Waals surface area contributed by atoms with Crippen molar-refractivity contribution >= 4 is 27.7 Å². The second-order valence-corrected chi connectivity index (χ2v) is 5.96. The number of nitrogens with one attached hydrogen (secondary N) is 2. The lowest BCUT2D eigenvalue weighted by Crippen LogP contribution is -2.87. The van der Waals surface area contributed by atoms with Crippen LogP contribution in [0, 0.1) is 0 Å². The van der Waals surface area contributed by atoms with Gasteiger partial charge in [-0.15, -0.1) is 0 Å². The predicted molar refractivity (Wildman–Crippen MR) is 90.2 cm³/mol. The van der Waals surface area contributed by atoms with Crippen LogP contribution in [0.15, 0.2) is 45.5 Å². The van der Waals surface area contributed by atoms with E-state index in [4.69, 9.17) is 9.15 Å². The lowest BCUT2D eigenvalue weighted by Gasteiger charge is -2.13. The van der Waals surface area contributed by atoms with Crippen molar-refractivity contribution in [3.05, 3.63) is 52.4 Å². The highest BCUT2D eigenvalue weighted by Gasteiger charge is 2.14. The van der Waals surface area contributed by atoms with Gasteiger partial charge in [0.05, 0.1) is 17.8 Å². The van der Waals surface area contributed by atoms with E-state index in [9.17, 15) is 9.59 Å². The van der Waals surface area contributed by atoms with Gasteiger partial charge >= 0.3 is 5.91 Å². The molecule has 0 aliphatic carbocycles. The summed E-state index contributed by atoms with van der Waals surface area (Å²) in [5, 5.41) is 1.86. The minimum atomic E-state index is -0.500. The van der Waals surface area contributed by atoms with Crippen LogP contribution in [0.25, 0.3) is 0 Å². The number of benzene rings is 1. The van der Waals surface area contributed by atoms with E-state index in [-0.39, 0.29) is 24.3 Å². The Kier molecular flexibility index (Phi) is 6.39. The number of ether oxygens (including phenoxy) is 1. The first-order valence-electron chi connectivity index (χ1n) is 7.30. The molecule has 1 heterocycles. The van der Waals surface area contributed by atoms with Gasteiger partial charge in [0.25, 0.3) is 5.91 Å². The molecule has 0 aliphatic rings. The zero-order valence-electron chi connectivity index (χ0n) is 13.3. The van der Waals surface area contributed by atoms with Gasteiger partial charge in [0, 0.05) is 5.56 Å². The number of carbonyl (C=O) groups is 2. The maximum Gasteiger partial charge on any atom is 0.305 e. The van der Waals surface area contributed by atoms with Crippen LogP contribution in [0.2, 0.25) is 0 Å². The van der Waals surface area contributed by atoms with Gasteiger partial charge in [0.1, 0.15) is 11.8 Å². The van der Waals surface area contributed by atoms with Crippen LogP contribution >= 0.6 is 15.9 Å². The smallest absolute Gasteiger partial charge is 0.305 e. The molecule has 1 aromatic heterocycles. The van der Waals surface area contributed by atoms with E-state index in [0.29, 0.717) is 0 Å². The van der Waals surface area contributed by atoms with Crippen molar-refractivity contribution in [2.75, 3.05) is 13.7 Å². The third-order valence-corrected chi connectivity index (χ3v) is 4.04. The highest BCUT2D eigenvalue weighted by Crippen LogP contribution is 2.26. The van der Waals surface area contributed by atoms with Gasteiger partial charge in [-0.2, -0.15) is 0 Å². The minimum absolute atomic E-state index is 0.0683. The molecule has 0 bridgehead atoms. The fourth-order valence-electron chi connectivity index (χ4n) is 2.03. The number of furan rings is 1. The molecule has 2 amide bonds. The fourth-order valence-corrected chi connectivity index (χ4v) is 2.59. The molecule has 0 radical (unpaired) electrons. The van der Waals surface area contributed by atoms with Gasteiger partial charge in [-0.25, -0.2) is 0 Å². The summed E-state index contributed by atoms with van der Waals surface area (Å²) in [5.41, 5.74) is 5.70. The molecule has 2 aromatic rings. The standard InChI is InChI=1S/C16H18BrN3O4/c1-10(11-5-6-13(23-2)12(17)8-11)18-9-15(21)19-20-16(22)14-4-3-7-24-14/h3-8,10,18H,9H2,1-2H3,(H,19,21)(H,20,22)/p+1/t10-/m1/s1. The Hall–Kier alpha value is -2.32. The number of quaternary nitrogens is 1. The first-order chi connectivity index (χ1) is 11.5. The van der Waals surface area contributed by atoms with Crippen molar-refractivity contribution < 1.29 is 24.1 Å². The van der Waals surface area contributed by atoms with Crippen LogP contribution in [0.1, 0.15) is 29.1 Å². The molecule has 0 saturated heterocycles. The molecule has 1 aromatic carbocycles. The number of nitrogens with two attached hydrogens (primary N) is 1. The molecule has 0 unspecified atom stereocenters. The Balaban J connectivity index is 1.78.